The van der Waals surface area contributed by atoms with Gasteiger partial charge in [0.1, 0.15) is 0 Å². The monoisotopic (exact) mass is 620 g/mol. The standard InChI is InChI=1S/C32H36N4O7S/c1-22-5-7-27(8-6-22)44(38,39)36-21-26(16-28(36)23-17-29(40-2)31(42-4)30(18-23)41-3)24-15-25(20-33-19-24)32(37)34-9-10-35-11-13-43-14-12-35/h5-8,15-21H,9-14H2,1-4H3,(H,34,37). The molecule has 0 radical (unpaired) electrons. The number of aryl methyl sites for hydroxylation is 1. The summed E-state index contributed by atoms with van der Waals surface area (Å²) in [6.45, 7) is 6.16. The molecule has 12 heteroatoms. The Morgan fingerprint density at radius 2 is 1.59 bits per heavy atom. The molecule has 5 rings (SSSR count). The summed E-state index contributed by atoms with van der Waals surface area (Å²) in [6, 6.07) is 13.5. The van der Waals surface area contributed by atoms with Crippen molar-refractivity contribution in [1.29, 1.82) is 0 Å². The largest absolute Gasteiger partial charge is 0.493 e. The number of aromatic nitrogens is 2. The summed E-state index contributed by atoms with van der Waals surface area (Å²) in [6.07, 6.45) is 4.63. The highest BCUT2D eigenvalue weighted by Crippen LogP contribution is 2.42. The Hall–Kier alpha value is -4.39. The fourth-order valence-corrected chi connectivity index (χ4v) is 6.42. The van der Waals surface area contributed by atoms with E-state index < -0.39 is 10.0 Å². The van der Waals surface area contributed by atoms with Crippen LogP contribution in [0.1, 0.15) is 15.9 Å². The number of carbonyl (C=O) groups excluding carboxylic acids is 1. The van der Waals surface area contributed by atoms with Crippen LogP contribution in [-0.2, 0) is 14.8 Å². The minimum atomic E-state index is -4.04. The molecule has 3 heterocycles. The number of hydrogen-bond acceptors (Lipinski definition) is 9. The predicted molar refractivity (Wildman–Crippen MR) is 166 cm³/mol. The number of ether oxygens (including phenoxy) is 4. The number of rotatable bonds is 11. The number of carbonyl (C=O) groups is 1. The predicted octanol–water partition coefficient (Wildman–Crippen LogP) is 3.85. The van der Waals surface area contributed by atoms with Crippen LogP contribution in [0.4, 0.5) is 0 Å². The van der Waals surface area contributed by atoms with Gasteiger partial charge in [-0.15, -0.1) is 0 Å². The second kappa shape index (κ2) is 13.5. The summed E-state index contributed by atoms with van der Waals surface area (Å²) >= 11 is 0. The quantitative estimate of drug-likeness (QED) is 0.267. The van der Waals surface area contributed by atoms with Crippen molar-refractivity contribution in [2.45, 2.75) is 11.8 Å². The summed E-state index contributed by atoms with van der Waals surface area (Å²) in [5.74, 6) is 0.877. The van der Waals surface area contributed by atoms with E-state index in [2.05, 4.69) is 15.2 Å². The van der Waals surface area contributed by atoms with Gasteiger partial charge in [0.2, 0.25) is 5.75 Å². The molecule has 0 atom stereocenters. The van der Waals surface area contributed by atoms with Gasteiger partial charge in [0.05, 0.1) is 50.7 Å². The minimum Gasteiger partial charge on any atom is -0.493 e. The highest BCUT2D eigenvalue weighted by molar-refractivity contribution is 7.90. The molecule has 1 aliphatic heterocycles. The van der Waals surface area contributed by atoms with Gasteiger partial charge in [-0.1, -0.05) is 17.7 Å². The summed E-state index contributed by atoms with van der Waals surface area (Å²) in [7, 11) is 0.462. The van der Waals surface area contributed by atoms with Crippen LogP contribution in [0.15, 0.2) is 72.0 Å². The van der Waals surface area contributed by atoms with Crippen molar-refractivity contribution < 1.29 is 32.2 Å². The van der Waals surface area contributed by atoms with Crippen LogP contribution in [0.25, 0.3) is 22.4 Å². The molecule has 11 nitrogen and oxygen atoms in total. The SMILES string of the molecule is COc1cc(-c2cc(-c3cncc(C(=O)NCCN4CCOCC4)c3)cn2S(=O)(=O)c2ccc(C)cc2)cc(OC)c1OC. The van der Waals surface area contributed by atoms with Gasteiger partial charge in [0.15, 0.2) is 11.5 Å². The number of methoxy groups -OCH3 is 3. The summed E-state index contributed by atoms with van der Waals surface area (Å²) in [4.78, 5) is 19.7. The molecule has 1 amide bonds. The maximum atomic E-state index is 14.0. The minimum absolute atomic E-state index is 0.130. The zero-order valence-electron chi connectivity index (χ0n) is 25.2. The Morgan fingerprint density at radius 3 is 2.23 bits per heavy atom. The number of pyridine rings is 1. The van der Waals surface area contributed by atoms with Crippen molar-refractivity contribution in [2.75, 3.05) is 60.7 Å². The summed E-state index contributed by atoms with van der Waals surface area (Å²) in [5.41, 5.74) is 3.32. The molecule has 0 bridgehead atoms. The number of hydrogen-bond donors (Lipinski definition) is 1. The molecule has 0 aliphatic carbocycles. The van der Waals surface area contributed by atoms with Gasteiger partial charge in [-0.3, -0.25) is 14.7 Å². The molecule has 0 spiro atoms. The Bertz CT molecular complexity index is 1700. The lowest BCUT2D eigenvalue weighted by Crippen LogP contribution is -2.41. The second-order valence-electron chi connectivity index (χ2n) is 10.3. The van der Waals surface area contributed by atoms with E-state index in [0.29, 0.717) is 65.0 Å². The fourth-order valence-electron chi connectivity index (χ4n) is 5.04. The van der Waals surface area contributed by atoms with Crippen molar-refractivity contribution in [3.63, 3.8) is 0 Å². The first-order valence-electron chi connectivity index (χ1n) is 14.1. The molecule has 1 saturated heterocycles. The van der Waals surface area contributed by atoms with E-state index in [-0.39, 0.29) is 10.8 Å². The van der Waals surface area contributed by atoms with E-state index in [1.807, 2.05) is 6.92 Å². The van der Waals surface area contributed by atoms with Gasteiger partial charge in [-0.25, -0.2) is 12.4 Å². The topological polar surface area (TPSA) is 121 Å². The Kier molecular flexibility index (Phi) is 9.52. The molecule has 4 aromatic rings. The first-order valence-corrected chi connectivity index (χ1v) is 15.6. The average molecular weight is 621 g/mol. The van der Waals surface area contributed by atoms with Crippen molar-refractivity contribution in [3.8, 4) is 39.6 Å². The number of nitrogens with one attached hydrogen (secondary N) is 1. The Labute approximate surface area is 257 Å². The zero-order chi connectivity index (χ0) is 31.3. The third-order valence-corrected chi connectivity index (χ3v) is 9.16. The van der Waals surface area contributed by atoms with Gasteiger partial charge in [-0.05, 0) is 43.3 Å². The maximum absolute atomic E-state index is 14.0. The number of nitrogens with zero attached hydrogens (tertiary/aromatic N) is 3. The van der Waals surface area contributed by atoms with Crippen LogP contribution < -0.4 is 19.5 Å². The van der Waals surface area contributed by atoms with Crippen molar-refractivity contribution in [3.05, 3.63) is 78.2 Å². The smallest absolute Gasteiger partial charge is 0.268 e. The van der Waals surface area contributed by atoms with Crippen LogP contribution >= 0.6 is 0 Å². The number of morpholine rings is 1. The molecule has 232 valence electrons. The van der Waals surface area contributed by atoms with Crippen molar-refractivity contribution >= 4 is 15.9 Å². The first-order chi connectivity index (χ1) is 21.2. The van der Waals surface area contributed by atoms with Crippen LogP contribution in [0.2, 0.25) is 0 Å². The van der Waals surface area contributed by atoms with E-state index in [1.54, 1.807) is 54.7 Å². The molecule has 2 aromatic carbocycles. The van der Waals surface area contributed by atoms with Crippen LogP contribution in [0, 0.1) is 6.92 Å². The molecule has 1 aliphatic rings. The van der Waals surface area contributed by atoms with E-state index >= 15 is 0 Å². The Balaban J connectivity index is 1.54. The highest BCUT2D eigenvalue weighted by atomic mass is 32.2. The number of amides is 1. The van der Waals surface area contributed by atoms with E-state index in [1.165, 1.54) is 37.7 Å². The fraction of sp³-hybridized carbons (Fsp3) is 0.312. The lowest BCUT2D eigenvalue weighted by molar-refractivity contribution is 0.0383. The average Bonchev–Trinajstić information content (AvgIpc) is 3.51. The highest BCUT2D eigenvalue weighted by Gasteiger charge is 2.25. The molecular weight excluding hydrogens is 584 g/mol. The summed E-state index contributed by atoms with van der Waals surface area (Å²) < 4.78 is 51.2. The van der Waals surface area contributed by atoms with Crippen LogP contribution in [-0.4, -0.2) is 88.9 Å². The third kappa shape index (κ3) is 6.57. The van der Waals surface area contributed by atoms with Gasteiger partial charge in [0, 0.05) is 61.5 Å². The lowest BCUT2D eigenvalue weighted by Gasteiger charge is -2.26. The Morgan fingerprint density at radius 1 is 0.909 bits per heavy atom. The molecule has 0 unspecified atom stereocenters. The van der Waals surface area contributed by atoms with Crippen LogP contribution in [0.3, 0.4) is 0 Å². The van der Waals surface area contributed by atoms with E-state index in [0.717, 1.165) is 25.2 Å². The summed E-state index contributed by atoms with van der Waals surface area (Å²) in [5, 5.41) is 2.95. The van der Waals surface area contributed by atoms with E-state index in [9.17, 15) is 13.2 Å². The molecule has 1 fully saturated rings. The normalized spacial score (nSPS) is 13.8. The van der Waals surface area contributed by atoms with Gasteiger partial charge < -0.3 is 24.3 Å². The van der Waals surface area contributed by atoms with Gasteiger partial charge in [0.25, 0.3) is 15.9 Å². The number of benzene rings is 2. The molecule has 2 aromatic heterocycles. The zero-order valence-corrected chi connectivity index (χ0v) is 26.0. The van der Waals surface area contributed by atoms with Gasteiger partial charge >= 0.3 is 0 Å². The second-order valence-corrected chi connectivity index (χ2v) is 12.1. The van der Waals surface area contributed by atoms with Crippen molar-refractivity contribution in [1.82, 2.24) is 19.2 Å². The molecular formula is C32H36N4O7S. The molecule has 0 saturated carbocycles. The first kappa shape index (κ1) is 31.0. The lowest BCUT2D eigenvalue weighted by atomic mass is 10.1. The van der Waals surface area contributed by atoms with Gasteiger partial charge in [-0.2, -0.15) is 0 Å². The van der Waals surface area contributed by atoms with Crippen LogP contribution in [0.5, 0.6) is 17.2 Å². The molecule has 44 heavy (non-hydrogen) atoms. The third-order valence-electron chi connectivity index (χ3n) is 7.48. The van der Waals surface area contributed by atoms with Crippen molar-refractivity contribution in [2.24, 2.45) is 0 Å². The van der Waals surface area contributed by atoms with E-state index in [4.69, 9.17) is 18.9 Å². The molecule has 1 N–H and O–H groups in total. The maximum Gasteiger partial charge on any atom is 0.268 e.